The van der Waals surface area contributed by atoms with Crippen LogP contribution in [0, 0.1) is 17.8 Å². The highest BCUT2D eigenvalue weighted by Crippen LogP contribution is 2.42. The first-order chi connectivity index (χ1) is 26.2. The Kier molecular flexibility index (Phi) is 7.43. The second kappa shape index (κ2) is 12.6. The number of fused-ring (bicyclic) bond motifs is 10. The van der Waals surface area contributed by atoms with E-state index in [1.54, 1.807) is 0 Å². The van der Waals surface area contributed by atoms with Crippen molar-refractivity contribution in [2.24, 2.45) is 33.7 Å². The molecule has 254 valence electrons. The maximum Gasteiger partial charge on any atom is 0.180 e. The first-order valence-corrected chi connectivity index (χ1v) is 18.4. The molecule has 2 aliphatic carbocycles. The van der Waals surface area contributed by atoms with Crippen LogP contribution < -0.4 is 5.84 Å². The Balaban J connectivity index is 1.17. The fourth-order valence-corrected chi connectivity index (χ4v) is 8.76. The van der Waals surface area contributed by atoms with Crippen LogP contribution in [0.3, 0.4) is 0 Å². The SMILES string of the molecule is CC1CC=CC2C=C(/C(=N\C(=N/N)c3cccc4oc5cccc(-c6ccc7c8ccccc8c8ccccc8c7c6)c5c34)c3ccccc3)C=CC21. The summed E-state index contributed by atoms with van der Waals surface area (Å²) in [5.41, 5.74) is 7.51. The fraction of sp³-hybridized carbons (Fsp3) is 0.102. The Morgan fingerprint density at radius 3 is 2.06 bits per heavy atom. The summed E-state index contributed by atoms with van der Waals surface area (Å²) in [5.74, 6) is 8.16. The van der Waals surface area contributed by atoms with Gasteiger partial charge in [0.15, 0.2) is 5.84 Å². The molecule has 7 aromatic carbocycles. The summed E-state index contributed by atoms with van der Waals surface area (Å²) in [5, 5.41) is 13.8. The molecule has 0 aliphatic heterocycles. The van der Waals surface area contributed by atoms with Crippen molar-refractivity contribution in [1.82, 2.24) is 0 Å². The lowest BCUT2D eigenvalue weighted by Gasteiger charge is -2.32. The molecular weight excluding hydrogens is 647 g/mol. The van der Waals surface area contributed by atoms with E-state index in [4.69, 9.17) is 15.3 Å². The Bertz CT molecular complexity index is 2870. The summed E-state index contributed by atoms with van der Waals surface area (Å²) in [7, 11) is 0. The minimum absolute atomic E-state index is 0.326. The van der Waals surface area contributed by atoms with Crippen LogP contribution in [0.5, 0.6) is 0 Å². The highest BCUT2D eigenvalue weighted by molar-refractivity contribution is 6.28. The van der Waals surface area contributed by atoms with Gasteiger partial charge < -0.3 is 10.3 Å². The monoisotopic (exact) mass is 683 g/mol. The predicted octanol–water partition coefficient (Wildman–Crippen LogP) is 12.1. The molecule has 2 aliphatic rings. The van der Waals surface area contributed by atoms with Gasteiger partial charge in [-0.05, 0) is 85.5 Å². The molecule has 4 nitrogen and oxygen atoms in total. The van der Waals surface area contributed by atoms with Crippen molar-refractivity contribution in [2.75, 3.05) is 0 Å². The molecule has 0 saturated heterocycles. The number of benzene rings is 7. The third-order valence-electron chi connectivity index (χ3n) is 11.3. The quantitative estimate of drug-likeness (QED) is 0.0501. The van der Waals surface area contributed by atoms with E-state index in [1.807, 2.05) is 24.3 Å². The zero-order valence-electron chi connectivity index (χ0n) is 29.4. The molecular formula is C49H37N3O. The zero-order chi connectivity index (χ0) is 35.5. The van der Waals surface area contributed by atoms with Gasteiger partial charge in [0, 0.05) is 27.8 Å². The van der Waals surface area contributed by atoms with E-state index in [0.717, 1.165) is 61.9 Å². The van der Waals surface area contributed by atoms with Crippen molar-refractivity contribution >= 4 is 65.8 Å². The summed E-state index contributed by atoms with van der Waals surface area (Å²) in [6.45, 7) is 2.34. The summed E-state index contributed by atoms with van der Waals surface area (Å²) in [4.78, 5) is 5.31. The van der Waals surface area contributed by atoms with Crippen LogP contribution in [-0.2, 0) is 0 Å². The lowest BCUT2D eigenvalue weighted by atomic mass is 9.73. The molecule has 1 heterocycles. The number of hydrazone groups is 1. The van der Waals surface area contributed by atoms with Gasteiger partial charge in [0.25, 0.3) is 0 Å². The third kappa shape index (κ3) is 5.13. The van der Waals surface area contributed by atoms with E-state index in [9.17, 15) is 0 Å². The van der Waals surface area contributed by atoms with Crippen LogP contribution in [0.2, 0.25) is 0 Å². The molecule has 0 amide bonds. The molecule has 53 heavy (non-hydrogen) atoms. The Morgan fingerprint density at radius 1 is 0.660 bits per heavy atom. The molecule has 0 spiro atoms. The van der Waals surface area contributed by atoms with Crippen LogP contribution in [-0.4, -0.2) is 11.5 Å². The Morgan fingerprint density at radius 2 is 1.32 bits per heavy atom. The van der Waals surface area contributed by atoms with Gasteiger partial charge in [-0.25, -0.2) is 4.99 Å². The van der Waals surface area contributed by atoms with Gasteiger partial charge in [-0.15, -0.1) is 0 Å². The minimum atomic E-state index is 0.326. The van der Waals surface area contributed by atoms with Gasteiger partial charge >= 0.3 is 0 Å². The number of aliphatic imine (C=N–C) groups is 1. The number of nitrogens with zero attached hydrogens (tertiary/aromatic N) is 2. The molecule has 0 fully saturated rings. The Hall–Kier alpha value is -6.52. The van der Waals surface area contributed by atoms with Crippen molar-refractivity contribution in [3.63, 3.8) is 0 Å². The van der Waals surface area contributed by atoms with Crippen molar-refractivity contribution < 1.29 is 4.42 Å². The zero-order valence-corrected chi connectivity index (χ0v) is 29.4. The van der Waals surface area contributed by atoms with Crippen molar-refractivity contribution in [2.45, 2.75) is 13.3 Å². The summed E-state index contributed by atoms with van der Waals surface area (Å²) in [6, 6.07) is 46.9. The van der Waals surface area contributed by atoms with Gasteiger partial charge in [0.05, 0.1) is 5.71 Å². The molecule has 0 bridgehead atoms. The van der Waals surface area contributed by atoms with Gasteiger partial charge in [0.2, 0.25) is 0 Å². The average Bonchev–Trinajstić information content (AvgIpc) is 3.61. The topological polar surface area (TPSA) is 63.9 Å². The maximum atomic E-state index is 6.57. The number of hydrogen-bond donors (Lipinski definition) is 1. The maximum absolute atomic E-state index is 6.57. The number of hydrogen-bond acceptors (Lipinski definition) is 3. The largest absolute Gasteiger partial charge is 0.456 e. The molecule has 1 aromatic heterocycles. The van der Waals surface area contributed by atoms with Gasteiger partial charge in [-0.1, -0.05) is 153 Å². The van der Waals surface area contributed by atoms with E-state index >= 15 is 0 Å². The molecule has 0 radical (unpaired) electrons. The average molecular weight is 684 g/mol. The van der Waals surface area contributed by atoms with Crippen LogP contribution in [0.25, 0.3) is 65.4 Å². The standard InChI is InChI=1S/C49H37N3O/c1-30-12-9-15-32-28-34(25-26-35(30)32)48(31-13-3-2-4-14-31)51-49(52-50)42-21-11-23-45-47(42)46-36(20-10-22-44(46)53-45)33-24-27-41-39-18-6-5-16-37(39)38-17-7-8-19-40(38)43(41)29-33/h2-11,13-30,32,35H,12,50H2,1H3/b51-48-,52-49-. The number of allylic oxidation sites excluding steroid dienone is 6. The van der Waals surface area contributed by atoms with E-state index in [0.29, 0.717) is 23.6 Å². The lowest BCUT2D eigenvalue weighted by molar-refractivity contribution is 0.362. The van der Waals surface area contributed by atoms with Gasteiger partial charge in [-0.3, -0.25) is 0 Å². The van der Waals surface area contributed by atoms with Gasteiger partial charge in [-0.2, -0.15) is 5.10 Å². The first-order valence-electron chi connectivity index (χ1n) is 18.4. The molecule has 3 atom stereocenters. The second-order valence-electron chi connectivity index (χ2n) is 14.4. The number of amidine groups is 1. The number of nitrogens with two attached hydrogens (primary N) is 1. The number of furan rings is 1. The van der Waals surface area contributed by atoms with Crippen LogP contribution in [0.1, 0.15) is 24.5 Å². The third-order valence-corrected chi connectivity index (χ3v) is 11.3. The fourth-order valence-electron chi connectivity index (χ4n) is 8.76. The van der Waals surface area contributed by atoms with Gasteiger partial charge in [0.1, 0.15) is 11.2 Å². The molecule has 4 heteroatoms. The van der Waals surface area contributed by atoms with Crippen LogP contribution in [0.4, 0.5) is 0 Å². The molecule has 2 N–H and O–H groups in total. The van der Waals surface area contributed by atoms with E-state index < -0.39 is 0 Å². The summed E-state index contributed by atoms with van der Waals surface area (Å²) in [6.07, 6.45) is 12.7. The summed E-state index contributed by atoms with van der Waals surface area (Å²) >= 11 is 0. The van der Waals surface area contributed by atoms with Crippen LogP contribution in [0.15, 0.2) is 184 Å². The highest BCUT2D eigenvalue weighted by Gasteiger charge is 2.28. The van der Waals surface area contributed by atoms with E-state index in [1.165, 1.54) is 32.3 Å². The van der Waals surface area contributed by atoms with Crippen LogP contribution >= 0.6 is 0 Å². The minimum Gasteiger partial charge on any atom is -0.456 e. The molecule has 3 unspecified atom stereocenters. The van der Waals surface area contributed by atoms with E-state index in [-0.39, 0.29) is 0 Å². The molecule has 10 rings (SSSR count). The van der Waals surface area contributed by atoms with Crippen molar-refractivity contribution in [3.05, 3.63) is 181 Å². The Labute approximate surface area is 308 Å². The normalized spacial score (nSPS) is 19.0. The summed E-state index contributed by atoms with van der Waals surface area (Å²) < 4.78 is 6.57. The smallest absolute Gasteiger partial charge is 0.180 e. The molecule has 0 saturated carbocycles. The second-order valence-corrected chi connectivity index (χ2v) is 14.4. The number of rotatable bonds is 4. The van der Waals surface area contributed by atoms with E-state index in [2.05, 4.69) is 152 Å². The predicted molar refractivity (Wildman–Crippen MR) is 223 cm³/mol. The molecule has 8 aromatic rings. The lowest BCUT2D eigenvalue weighted by Crippen LogP contribution is -2.24. The highest BCUT2D eigenvalue weighted by atomic mass is 16.3. The van der Waals surface area contributed by atoms with Crippen molar-refractivity contribution in [1.29, 1.82) is 0 Å². The first kappa shape index (κ1) is 31.2. The van der Waals surface area contributed by atoms with Crippen molar-refractivity contribution in [3.8, 4) is 11.1 Å².